The minimum absolute atomic E-state index is 0.0395. The lowest BCUT2D eigenvalue weighted by Gasteiger charge is -2.28. The molecule has 21 heavy (non-hydrogen) atoms. The molecule has 7 nitrogen and oxygen atoms in total. The molecule has 2 saturated heterocycles. The number of amides is 4. The molecule has 7 heteroatoms. The van der Waals surface area contributed by atoms with Gasteiger partial charge in [-0.25, -0.2) is 4.79 Å². The summed E-state index contributed by atoms with van der Waals surface area (Å²) in [6, 6.07) is -0.0919. The summed E-state index contributed by atoms with van der Waals surface area (Å²) in [5.41, 5.74) is 0. The van der Waals surface area contributed by atoms with Gasteiger partial charge in [-0.05, 0) is 20.0 Å². The van der Waals surface area contributed by atoms with Crippen molar-refractivity contribution in [1.29, 1.82) is 0 Å². The van der Waals surface area contributed by atoms with Gasteiger partial charge in [0, 0.05) is 32.1 Å². The molecule has 2 fully saturated rings. The first-order valence-electron chi connectivity index (χ1n) is 7.45. The molecule has 2 heterocycles. The molecule has 0 radical (unpaired) electrons. The second-order valence-corrected chi connectivity index (χ2v) is 6.02. The highest BCUT2D eigenvalue weighted by Gasteiger charge is 2.36. The van der Waals surface area contributed by atoms with Gasteiger partial charge in [-0.1, -0.05) is 13.3 Å². The van der Waals surface area contributed by atoms with Crippen LogP contribution >= 0.6 is 0 Å². The number of likely N-dealkylation sites (tertiary alicyclic amines) is 1. The summed E-state index contributed by atoms with van der Waals surface area (Å²) in [4.78, 5) is 40.5. The lowest BCUT2D eigenvalue weighted by molar-refractivity contribution is -0.132. The number of hydrogen-bond donors (Lipinski definition) is 1. The van der Waals surface area contributed by atoms with E-state index in [2.05, 4.69) is 17.1 Å². The van der Waals surface area contributed by atoms with Crippen molar-refractivity contribution in [2.45, 2.75) is 25.8 Å². The number of carbonyl (C=O) groups is 3. The summed E-state index contributed by atoms with van der Waals surface area (Å²) >= 11 is 0. The molecular formula is C14H24N4O3. The molecule has 0 aliphatic carbocycles. The summed E-state index contributed by atoms with van der Waals surface area (Å²) in [6.45, 7) is 3.96. The number of hydrogen-bond acceptors (Lipinski definition) is 4. The van der Waals surface area contributed by atoms with Crippen molar-refractivity contribution in [2.24, 2.45) is 5.92 Å². The van der Waals surface area contributed by atoms with Crippen molar-refractivity contribution < 1.29 is 14.4 Å². The summed E-state index contributed by atoms with van der Waals surface area (Å²) in [6.07, 6.45) is 1.29. The van der Waals surface area contributed by atoms with E-state index in [9.17, 15) is 14.4 Å². The molecule has 1 N–H and O–H groups in total. The van der Waals surface area contributed by atoms with Gasteiger partial charge < -0.3 is 14.7 Å². The number of nitrogens with zero attached hydrogens (tertiary/aromatic N) is 3. The normalized spacial score (nSPS) is 26.5. The van der Waals surface area contributed by atoms with Crippen molar-refractivity contribution in [3.8, 4) is 0 Å². The van der Waals surface area contributed by atoms with Gasteiger partial charge >= 0.3 is 6.03 Å². The van der Waals surface area contributed by atoms with E-state index in [1.807, 2.05) is 19.0 Å². The van der Waals surface area contributed by atoms with E-state index in [0.29, 0.717) is 25.0 Å². The van der Waals surface area contributed by atoms with E-state index in [0.717, 1.165) is 13.0 Å². The van der Waals surface area contributed by atoms with Crippen molar-refractivity contribution in [3.63, 3.8) is 0 Å². The predicted octanol–water partition coefficient (Wildman–Crippen LogP) is -0.273. The van der Waals surface area contributed by atoms with E-state index in [1.54, 1.807) is 0 Å². The fourth-order valence-corrected chi connectivity index (χ4v) is 3.06. The average molecular weight is 296 g/mol. The molecule has 0 saturated carbocycles. The van der Waals surface area contributed by atoms with Gasteiger partial charge in [-0.2, -0.15) is 0 Å². The average Bonchev–Trinajstić information content (AvgIpc) is 2.86. The Bertz CT molecular complexity index is 438. The van der Waals surface area contributed by atoms with Crippen LogP contribution in [0.25, 0.3) is 0 Å². The molecule has 2 aliphatic rings. The smallest absolute Gasteiger partial charge is 0.324 e. The molecule has 0 unspecified atom stereocenters. The number of nitrogens with one attached hydrogen (secondary N) is 1. The maximum absolute atomic E-state index is 12.4. The first-order chi connectivity index (χ1) is 9.92. The lowest BCUT2D eigenvalue weighted by atomic mass is 10.0. The van der Waals surface area contributed by atoms with Crippen LogP contribution in [0.3, 0.4) is 0 Å². The highest BCUT2D eigenvalue weighted by atomic mass is 16.2. The molecule has 0 aromatic rings. The summed E-state index contributed by atoms with van der Waals surface area (Å²) in [5, 5.41) is 2.24. The van der Waals surface area contributed by atoms with Crippen molar-refractivity contribution in [3.05, 3.63) is 0 Å². The Morgan fingerprint density at radius 1 is 1.33 bits per heavy atom. The fourth-order valence-electron chi connectivity index (χ4n) is 3.06. The number of carbonyl (C=O) groups excluding carboxylic acids is 3. The van der Waals surface area contributed by atoms with E-state index < -0.39 is 6.03 Å². The van der Waals surface area contributed by atoms with Gasteiger partial charge in [0.2, 0.25) is 11.8 Å². The lowest BCUT2D eigenvalue weighted by Crippen LogP contribution is -2.52. The standard InChI is InChI=1S/C14H24N4O3/c1-4-10-7-18(8-11(10)16(2)3)13(20)9-17-6-5-12(19)15-14(17)21/h10-11H,4-9H2,1-3H3,(H,15,19,21)/t10-,11+/m0/s1. The summed E-state index contributed by atoms with van der Waals surface area (Å²) in [7, 11) is 4.07. The van der Waals surface area contributed by atoms with Crippen LogP contribution in [-0.4, -0.2) is 78.9 Å². The number of likely N-dealkylation sites (N-methyl/N-ethyl adjacent to an activating group) is 1. The zero-order valence-electron chi connectivity index (χ0n) is 13.0. The highest BCUT2D eigenvalue weighted by molar-refractivity contribution is 5.98. The second kappa shape index (κ2) is 6.43. The maximum Gasteiger partial charge on any atom is 0.324 e. The number of imide groups is 1. The first-order valence-corrected chi connectivity index (χ1v) is 7.45. The molecule has 2 atom stereocenters. The number of rotatable bonds is 4. The molecule has 118 valence electrons. The molecule has 2 aliphatic heterocycles. The van der Waals surface area contributed by atoms with E-state index in [4.69, 9.17) is 0 Å². The van der Waals surface area contributed by atoms with Crippen LogP contribution in [0.1, 0.15) is 19.8 Å². The van der Waals surface area contributed by atoms with Crippen LogP contribution in [0.15, 0.2) is 0 Å². The monoisotopic (exact) mass is 296 g/mol. The third-order valence-corrected chi connectivity index (χ3v) is 4.42. The molecule has 4 amide bonds. The Morgan fingerprint density at radius 3 is 2.57 bits per heavy atom. The fraction of sp³-hybridized carbons (Fsp3) is 0.786. The number of urea groups is 1. The van der Waals surface area contributed by atoms with Crippen molar-refractivity contribution >= 4 is 17.8 Å². The first kappa shape index (κ1) is 15.8. The predicted molar refractivity (Wildman–Crippen MR) is 77.6 cm³/mol. The molecular weight excluding hydrogens is 272 g/mol. The van der Waals surface area contributed by atoms with Gasteiger partial charge in [0.05, 0.1) is 0 Å². The topological polar surface area (TPSA) is 73.0 Å². The van der Waals surface area contributed by atoms with Gasteiger partial charge in [-0.3, -0.25) is 14.9 Å². The van der Waals surface area contributed by atoms with Crippen molar-refractivity contribution in [1.82, 2.24) is 20.0 Å². The van der Waals surface area contributed by atoms with Crippen LogP contribution in [0, 0.1) is 5.92 Å². The Hall–Kier alpha value is -1.63. The van der Waals surface area contributed by atoms with Crippen molar-refractivity contribution in [2.75, 3.05) is 40.3 Å². The quantitative estimate of drug-likeness (QED) is 0.775. The second-order valence-electron chi connectivity index (χ2n) is 6.02. The molecule has 0 aromatic carbocycles. The molecule has 0 bridgehead atoms. The minimum atomic E-state index is -0.463. The Balaban J connectivity index is 1.92. The third-order valence-electron chi connectivity index (χ3n) is 4.42. The van der Waals surface area contributed by atoms with Crippen LogP contribution in [0.4, 0.5) is 4.79 Å². The van der Waals surface area contributed by atoms with Gasteiger partial charge in [0.15, 0.2) is 0 Å². The zero-order chi connectivity index (χ0) is 15.6. The van der Waals surface area contributed by atoms with E-state index in [-0.39, 0.29) is 24.8 Å². The third kappa shape index (κ3) is 3.53. The van der Waals surface area contributed by atoms with Crippen LogP contribution in [-0.2, 0) is 9.59 Å². The molecule has 0 aromatic heterocycles. The summed E-state index contributed by atoms with van der Waals surface area (Å²) < 4.78 is 0. The van der Waals surface area contributed by atoms with Crippen LogP contribution < -0.4 is 5.32 Å². The SMILES string of the molecule is CC[C@H]1CN(C(=O)CN2CCC(=O)NC2=O)C[C@H]1N(C)C. The van der Waals surface area contributed by atoms with E-state index >= 15 is 0 Å². The van der Waals surface area contributed by atoms with E-state index in [1.165, 1.54) is 4.90 Å². The van der Waals surface area contributed by atoms with Gasteiger partial charge in [-0.15, -0.1) is 0 Å². The maximum atomic E-state index is 12.4. The van der Waals surface area contributed by atoms with Crippen LogP contribution in [0.5, 0.6) is 0 Å². The highest BCUT2D eigenvalue weighted by Crippen LogP contribution is 2.23. The largest absolute Gasteiger partial charge is 0.339 e. The molecule has 2 rings (SSSR count). The van der Waals surface area contributed by atoms with Crippen LogP contribution in [0.2, 0.25) is 0 Å². The van der Waals surface area contributed by atoms with Gasteiger partial charge in [0.25, 0.3) is 0 Å². The Labute approximate surface area is 125 Å². The van der Waals surface area contributed by atoms with Gasteiger partial charge in [0.1, 0.15) is 6.54 Å². The molecule has 0 spiro atoms. The zero-order valence-corrected chi connectivity index (χ0v) is 13.0. The Morgan fingerprint density at radius 2 is 2.05 bits per heavy atom. The minimum Gasteiger partial charge on any atom is -0.339 e. The Kier molecular flexibility index (Phi) is 4.82. The summed E-state index contributed by atoms with van der Waals surface area (Å²) in [5.74, 6) is 0.159.